The van der Waals surface area contributed by atoms with E-state index in [1.165, 1.54) is 18.6 Å². The molecule has 4 heteroatoms. The highest BCUT2D eigenvalue weighted by Gasteiger charge is 2.30. The van der Waals surface area contributed by atoms with Crippen LogP contribution in [-0.4, -0.2) is 18.2 Å². The van der Waals surface area contributed by atoms with Gasteiger partial charge in [0.25, 0.3) is 0 Å². The van der Waals surface area contributed by atoms with Gasteiger partial charge in [-0.15, -0.1) is 0 Å². The molecular formula is C19H25FO3. The Morgan fingerprint density at radius 1 is 0.913 bits per heavy atom. The lowest BCUT2D eigenvalue weighted by Gasteiger charge is -2.26. The molecular weight excluding hydrogens is 295 g/mol. The predicted octanol–water partition coefficient (Wildman–Crippen LogP) is 4.70. The molecule has 2 fully saturated rings. The molecule has 1 atom stereocenters. The summed E-state index contributed by atoms with van der Waals surface area (Å²) in [6.45, 7) is 0. The van der Waals surface area contributed by atoms with Crippen LogP contribution in [0.1, 0.15) is 69.5 Å². The molecule has 0 aromatic heterocycles. The normalized spacial score (nSPS) is 21.3. The molecule has 0 bridgehead atoms. The smallest absolute Gasteiger partial charge is 0.340 e. The number of esters is 1. The second-order valence-electron chi connectivity index (χ2n) is 6.67. The van der Waals surface area contributed by atoms with Gasteiger partial charge < -0.3 is 9.47 Å². The first-order valence-electron chi connectivity index (χ1n) is 8.84. The molecule has 2 aliphatic rings. The van der Waals surface area contributed by atoms with E-state index >= 15 is 0 Å². The first-order valence-corrected chi connectivity index (χ1v) is 8.84. The van der Waals surface area contributed by atoms with Gasteiger partial charge in [0.2, 0.25) is 0 Å². The van der Waals surface area contributed by atoms with Crippen molar-refractivity contribution in [3.8, 4) is 0 Å². The van der Waals surface area contributed by atoms with E-state index < -0.39 is 6.10 Å². The van der Waals surface area contributed by atoms with E-state index in [1.54, 1.807) is 12.1 Å². The zero-order valence-corrected chi connectivity index (χ0v) is 13.5. The van der Waals surface area contributed by atoms with Crippen LogP contribution in [0.2, 0.25) is 0 Å². The largest absolute Gasteiger partial charge is 0.460 e. The van der Waals surface area contributed by atoms with Gasteiger partial charge in [0, 0.05) is 0 Å². The van der Waals surface area contributed by atoms with E-state index in [1.807, 2.05) is 0 Å². The number of ether oxygens (including phenoxy) is 2. The van der Waals surface area contributed by atoms with Crippen molar-refractivity contribution < 1.29 is 18.7 Å². The number of rotatable bonds is 5. The molecule has 1 aromatic carbocycles. The molecule has 0 spiro atoms. The second-order valence-corrected chi connectivity index (χ2v) is 6.67. The lowest BCUT2D eigenvalue weighted by molar-refractivity contribution is -0.168. The van der Waals surface area contributed by atoms with Gasteiger partial charge in [-0.1, -0.05) is 31.4 Å². The highest BCUT2D eigenvalue weighted by Crippen LogP contribution is 2.30. The molecule has 0 N–H and O–H groups in total. The lowest BCUT2D eigenvalue weighted by atomic mass is 9.97. The summed E-state index contributed by atoms with van der Waals surface area (Å²) >= 11 is 0. The van der Waals surface area contributed by atoms with Crippen molar-refractivity contribution in [1.29, 1.82) is 0 Å². The second kappa shape index (κ2) is 7.91. The van der Waals surface area contributed by atoms with E-state index in [0.29, 0.717) is 5.56 Å². The van der Waals surface area contributed by atoms with Crippen LogP contribution in [0.25, 0.3) is 0 Å². The van der Waals surface area contributed by atoms with Crippen molar-refractivity contribution >= 4 is 5.97 Å². The number of halogens is 1. The minimum Gasteiger partial charge on any atom is -0.460 e. The third-order valence-electron chi connectivity index (χ3n) is 4.85. The predicted molar refractivity (Wildman–Crippen MR) is 85.4 cm³/mol. The SMILES string of the molecule is O=C(OC1CCCCC1)C(OC1CCCC1)c1ccc(F)cc1. The number of benzene rings is 1. The average Bonchev–Trinajstić information content (AvgIpc) is 3.08. The molecule has 0 heterocycles. The molecule has 2 saturated carbocycles. The lowest BCUT2D eigenvalue weighted by Crippen LogP contribution is -2.28. The van der Waals surface area contributed by atoms with Crippen molar-refractivity contribution in [2.24, 2.45) is 0 Å². The Hall–Kier alpha value is -1.42. The third-order valence-corrected chi connectivity index (χ3v) is 4.85. The van der Waals surface area contributed by atoms with Gasteiger partial charge in [-0.2, -0.15) is 0 Å². The van der Waals surface area contributed by atoms with Crippen molar-refractivity contribution in [3.63, 3.8) is 0 Å². The molecule has 1 unspecified atom stereocenters. The zero-order chi connectivity index (χ0) is 16.1. The summed E-state index contributed by atoms with van der Waals surface area (Å²) in [6.07, 6.45) is 8.92. The van der Waals surface area contributed by atoms with E-state index in [-0.39, 0.29) is 24.0 Å². The van der Waals surface area contributed by atoms with Crippen LogP contribution in [0.15, 0.2) is 24.3 Å². The molecule has 23 heavy (non-hydrogen) atoms. The van der Waals surface area contributed by atoms with Gasteiger partial charge in [0.1, 0.15) is 11.9 Å². The van der Waals surface area contributed by atoms with E-state index in [0.717, 1.165) is 51.4 Å². The Balaban J connectivity index is 1.70. The van der Waals surface area contributed by atoms with Gasteiger partial charge in [-0.05, 0) is 56.2 Å². The van der Waals surface area contributed by atoms with E-state index in [2.05, 4.69) is 0 Å². The Labute approximate surface area is 137 Å². The van der Waals surface area contributed by atoms with Crippen molar-refractivity contribution in [1.82, 2.24) is 0 Å². The Kier molecular flexibility index (Phi) is 5.65. The molecule has 2 aliphatic carbocycles. The average molecular weight is 320 g/mol. The molecule has 1 aromatic rings. The van der Waals surface area contributed by atoms with Crippen LogP contribution >= 0.6 is 0 Å². The van der Waals surface area contributed by atoms with Gasteiger partial charge in [-0.25, -0.2) is 9.18 Å². The fourth-order valence-electron chi connectivity index (χ4n) is 3.53. The summed E-state index contributed by atoms with van der Waals surface area (Å²) in [7, 11) is 0. The summed E-state index contributed by atoms with van der Waals surface area (Å²) in [5.74, 6) is -0.635. The third kappa shape index (κ3) is 4.54. The minimum atomic E-state index is -0.736. The first-order chi connectivity index (χ1) is 11.2. The fraction of sp³-hybridized carbons (Fsp3) is 0.632. The number of carbonyl (C=O) groups excluding carboxylic acids is 1. The summed E-state index contributed by atoms with van der Waals surface area (Å²) < 4.78 is 24.9. The van der Waals surface area contributed by atoms with Crippen LogP contribution in [-0.2, 0) is 14.3 Å². The van der Waals surface area contributed by atoms with E-state index in [4.69, 9.17) is 9.47 Å². The summed E-state index contributed by atoms with van der Waals surface area (Å²) in [5.41, 5.74) is 0.680. The maximum absolute atomic E-state index is 13.2. The van der Waals surface area contributed by atoms with Gasteiger partial charge in [0.05, 0.1) is 6.10 Å². The quantitative estimate of drug-likeness (QED) is 0.738. The Morgan fingerprint density at radius 3 is 2.13 bits per heavy atom. The molecule has 0 aliphatic heterocycles. The highest BCUT2D eigenvalue weighted by molar-refractivity contribution is 5.76. The summed E-state index contributed by atoms with van der Waals surface area (Å²) in [5, 5.41) is 0. The minimum absolute atomic E-state index is 0.00590. The van der Waals surface area contributed by atoms with Crippen LogP contribution < -0.4 is 0 Å². The van der Waals surface area contributed by atoms with E-state index in [9.17, 15) is 9.18 Å². The number of hydrogen-bond donors (Lipinski definition) is 0. The van der Waals surface area contributed by atoms with Crippen molar-refractivity contribution in [2.45, 2.75) is 76.1 Å². The highest BCUT2D eigenvalue weighted by atomic mass is 19.1. The van der Waals surface area contributed by atoms with Crippen LogP contribution in [0, 0.1) is 5.82 Å². The number of hydrogen-bond acceptors (Lipinski definition) is 3. The molecule has 3 nitrogen and oxygen atoms in total. The standard InChI is InChI=1S/C19H25FO3/c20-15-12-10-14(11-13-15)18(22-16-8-4-5-9-16)19(21)23-17-6-2-1-3-7-17/h10-13,16-18H,1-9H2. The first kappa shape index (κ1) is 16.4. The summed E-state index contributed by atoms with van der Waals surface area (Å²) in [4.78, 5) is 12.6. The monoisotopic (exact) mass is 320 g/mol. The maximum Gasteiger partial charge on any atom is 0.340 e. The molecule has 0 saturated heterocycles. The zero-order valence-electron chi connectivity index (χ0n) is 13.5. The molecule has 0 radical (unpaired) electrons. The van der Waals surface area contributed by atoms with Gasteiger partial charge in [-0.3, -0.25) is 0 Å². The molecule has 126 valence electrons. The van der Waals surface area contributed by atoms with Gasteiger partial charge in [0.15, 0.2) is 6.10 Å². The maximum atomic E-state index is 13.2. The number of carbonyl (C=O) groups is 1. The summed E-state index contributed by atoms with van der Waals surface area (Å²) in [6, 6.07) is 5.98. The Bertz CT molecular complexity index is 502. The van der Waals surface area contributed by atoms with Crippen molar-refractivity contribution in [2.75, 3.05) is 0 Å². The molecule has 3 rings (SSSR count). The van der Waals surface area contributed by atoms with Crippen LogP contribution in [0.4, 0.5) is 4.39 Å². The van der Waals surface area contributed by atoms with Crippen molar-refractivity contribution in [3.05, 3.63) is 35.6 Å². The Morgan fingerprint density at radius 2 is 1.48 bits per heavy atom. The van der Waals surface area contributed by atoms with Crippen LogP contribution in [0.3, 0.4) is 0 Å². The fourth-order valence-corrected chi connectivity index (χ4v) is 3.53. The van der Waals surface area contributed by atoms with Crippen LogP contribution in [0.5, 0.6) is 0 Å². The topological polar surface area (TPSA) is 35.5 Å². The molecule has 0 amide bonds. The van der Waals surface area contributed by atoms with Gasteiger partial charge >= 0.3 is 5.97 Å².